The van der Waals surface area contributed by atoms with Gasteiger partial charge in [-0.1, -0.05) is 12.6 Å². The van der Waals surface area contributed by atoms with Gasteiger partial charge in [0, 0.05) is 37.0 Å². The molecule has 1 aromatic carbocycles. The first-order chi connectivity index (χ1) is 19.1. The first-order valence-corrected chi connectivity index (χ1v) is 13.0. The molecule has 11 heteroatoms. The highest BCUT2D eigenvalue weighted by atomic mass is 19.3. The van der Waals surface area contributed by atoms with Crippen molar-refractivity contribution in [3.05, 3.63) is 77.9 Å². The van der Waals surface area contributed by atoms with Gasteiger partial charge in [0.05, 0.1) is 47.2 Å². The molecule has 0 bridgehead atoms. The minimum Gasteiger partial charge on any atom is -0.388 e. The molecule has 2 aliphatic rings. The zero-order chi connectivity index (χ0) is 28.6. The third-order valence-electron chi connectivity index (χ3n) is 7.17. The van der Waals surface area contributed by atoms with Crippen molar-refractivity contribution in [3.63, 3.8) is 0 Å². The molecule has 3 N–H and O–H groups in total. The molecule has 9 nitrogen and oxygen atoms in total. The van der Waals surface area contributed by atoms with E-state index in [2.05, 4.69) is 32.1 Å². The van der Waals surface area contributed by atoms with Gasteiger partial charge in [-0.25, -0.2) is 18.8 Å². The highest BCUT2D eigenvalue weighted by molar-refractivity contribution is 6.08. The Labute approximate surface area is 230 Å². The second-order valence-corrected chi connectivity index (χ2v) is 10.4. The number of carbonyl (C=O) groups excluding carboxylic acids is 1. The van der Waals surface area contributed by atoms with Crippen LogP contribution in [0.3, 0.4) is 0 Å². The first kappa shape index (κ1) is 27.5. The van der Waals surface area contributed by atoms with E-state index in [1.165, 1.54) is 12.1 Å². The molecule has 0 aliphatic carbocycles. The van der Waals surface area contributed by atoms with Gasteiger partial charge < -0.3 is 25.4 Å². The van der Waals surface area contributed by atoms with Crippen molar-refractivity contribution in [1.29, 1.82) is 0 Å². The standard InChI is InChI=1S/C29H32F2N6O3/c1-5-19(36-10-11-40-24(16-36)29(3,4)39)13-32-17(2)35-22-7-6-20(21-14-34-28(38)26(21)22)23-15-33-25-12-18(27(30)31)8-9-37(23)25/h5-9,12-13,15,24,27,39H,1,10-11,14,16H2,2-4H3,(H,32,35)(H,34,38)/b19-13+/t24-/m0/s1. The average Bonchev–Trinajstić information content (AvgIpc) is 3.52. The number of hydrogen-bond acceptors (Lipinski definition) is 6. The van der Waals surface area contributed by atoms with Crippen molar-refractivity contribution in [1.82, 2.24) is 19.6 Å². The van der Waals surface area contributed by atoms with E-state index in [4.69, 9.17) is 4.74 Å². The Morgan fingerprint density at radius 2 is 2.17 bits per heavy atom. The molecular weight excluding hydrogens is 518 g/mol. The lowest BCUT2D eigenvalue weighted by Gasteiger charge is -2.39. The quantitative estimate of drug-likeness (QED) is 0.227. The minimum atomic E-state index is -2.58. The zero-order valence-corrected chi connectivity index (χ0v) is 22.6. The van der Waals surface area contributed by atoms with Crippen LogP contribution in [0.15, 0.2) is 66.2 Å². The molecule has 2 aromatic heterocycles. The first-order valence-electron chi connectivity index (χ1n) is 13.0. The summed E-state index contributed by atoms with van der Waals surface area (Å²) in [6, 6.07) is 6.42. The number of allylic oxidation sites excluding steroid dienone is 1. The van der Waals surface area contributed by atoms with Crippen LogP contribution in [0.4, 0.5) is 14.5 Å². The second kappa shape index (κ2) is 10.8. The molecule has 1 saturated heterocycles. The van der Waals surface area contributed by atoms with Gasteiger partial charge in [0.25, 0.3) is 12.3 Å². The lowest BCUT2D eigenvalue weighted by atomic mass is 9.99. The number of aliphatic hydroxyl groups is 1. The predicted octanol–water partition coefficient (Wildman–Crippen LogP) is 4.51. The lowest BCUT2D eigenvalue weighted by molar-refractivity contribution is -0.121. The fourth-order valence-electron chi connectivity index (χ4n) is 4.99. The molecule has 40 heavy (non-hydrogen) atoms. The minimum absolute atomic E-state index is 0.0969. The number of morpholine rings is 1. The predicted molar refractivity (Wildman–Crippen MR) is 149 cm³/mol. The van der Waals surface area contributed by atoms with Crippen molar-refractivity contribution in [3.8, 4) is 11.3 Å². The number of pyridine rings is 1. The number of hydrogen-bond donors (Lipinski definition) is 3. The lowest BCUT2D eigenvalue weighted by Crippen LogP contribution is -2.51. The summed E-state index contributed by atoms with van der Waals surface area (Å²) in [6.07, 6.45) is 3.68. The number of carbonyl (C=O) groups is 1. The number of aliphatic imine (C=N–C) groups is 1. The molecule has 5 rings (SSSR count). The van der Waals surface area contributed by atoms with Crippen molar-refractivity contribution in [2.45, 2.75) is 45.4 Å². The van der Waals surface area contributed by atoms with E-state index in [1.54, 1.807) is 55.9 Å². The van der Waals surface area contributed by atoms with Crippen LogP contribution in [0.1, 0.15) is 48.7 Å². The maximum atomic E-state index is 13.1. The summed E-state index contributed by atoms with van der Waals surface area (Å²) in [6.45, 7) is 11.1. The summed E-state index contributed by atoms with van der Waals surface area (Å²) in [7, 11) is 0. The summed E-state index contributed by atoms with van der Waals surface area (Å²) in [5, 5.41) is 16.5. The normalized spacial score (nSPS) is 18.3. The molecule has 0 radical (unpaired) electrons. The largest absolute Gasteiger partial charge is 0.388 e. The fraction of sp³-hybridized carbons (Fsp3) is 0.345. The van der Waals surface area contributed by atoms with Gasteiger partial charge in [-0.05, 0) is 50.6 Å². The molecular formula is C29H32F2N6O3. The highest BCUT2D eigenvalue weighted by Gasteiger charge is 2.33. The summed E-state index contributed by atoms with van der Waals surface area (Å²) < 4.78 is 33.7. The number of ether oxygens (including phenoxy) is 1. The van der Waals surface area contributed by atoms with Crippen molar-refractivity contribution < 1.29 is 23.4 Å². The Morgan fingerprint density at radius 1 is 1.38 bits per heavy atom. The molecule has 1 amide bonds. The van der Waals surface area contributed by atoms with E-state index in [0.29, 0.717) is 54.7 Å². The van der Waals surface area contributed by atoms with Crippen LogP contribution < -0.4 is 10.6 Å². The van der Waals surface area contributed by atoms with Gasteiger partial charge in [-0.3, -0.25) is 9.20 Å². The maximum Gasteiger partial charge on any atom is 0.264 e. The summed E-state index contributed by atoms with van der Waals surface area (Å²) >= 11 is 0. The number of amides is 1. The van der Waals surface area contributed by atoms with E-state index in [1.807, 2.05) is 6.07 Å². The van der Waals surface area contributed by atoms with Gasteiger partial charge in [-0.2, -0.15) is 0 Å². The fourth-order valence-corrected chi connectivity index (χ4v) is 4.99. The number of rotatable bonds is 7. The molecule has 3 aromatic rings. The number of aromatic nitrogens is 2. The highest BCUT2D eigenvalue weighted by Crippen LogP contribution is 2.35. The molecule has 0 saturated carbocycles. The number of alkyl halides is 2. The van der Waals surface area contributed by atoms with Crippen LogP contribution >= 0.6 is 0 Å². The third kappa shape index (κ3) is 5.34. The van der Waals surface area contributed by atoms with Gasteiger partial charge >= 0.3 is 0 Å². The number of anilines is 1. The summed E-state index contributed by atoms with van der Waals surface area (Å²) in [5.41, 5.74) is 3.50. The summed E-state index contributed by atoms with van der Waals surface area (Å²) in [5.74, 6) is 0.352. The van der Waals surface area contributed by atoms with Crippen LogP contribution in [0, 0.1) is 0 Å². The molecule has 2 aliphatic heterocycles. The van der Waals surface area contributed by atoms with Crippen molar-refractivity contribution >= 4 is 23.1 Å². The molecule has 210 valence electrons. The average molecular weight is 551 g/mol. The smallest absolute Gasteiger partial charge is 0.264 e. The van der Waals surface area contributed by atoms with E-state index in [-0.39, 0.29) is 17.6 Å². The second-order valence-electron chi connectivity index (χ2n) is 10.4. The number of amidine groups is 1. The van der Waals surface area contributed by atoms with Gasteiger partial charge in [0.15, 0.2) is 0 Å². The Kier molecular flexibility index (Phi) is 7.43. The van der Waals surface area contributed by atoms with Gasteiger partial charge in [0.2, 0.25) is 0 Å². The van der Waals surface area contributed by atoms with Crippen LogP contribution in [0.2, 0.25) is 0 Å². The Hall–Kier alpha value is -4.09. The molecule has 1 atom stereocenters. The topological polar surface area (TPSA) is 103 Å². The number of benzene rings is 1. The van der Waals surface area contributed by atoms with Gasteiger partial charge in [-0.15, -0.1) is 0 Å². The molecule has 0 unspecified atom stereocenters. The number of halogens is 2. The van der Waals surface area contributed by atoms with Crippen molar-refractivity contribution in [2.24, 2.45) is 4.99 Å². The van der Waals surface area contributed by atoms with Crippen molar-refractivity contribution in [2.75, 3.05) is 25.0 Å². The number of nitrogens with zero attached hydrogens (tertiary/aromatic N) is 4. The SMILES string of the molecule is C=C/C(=C\N=C(/C)Nc1ccc(-c2cnc3cc(C(F)F)ccn23)c2c1C(=O)NC2)N1CCO[C@H](C(C)(C)O)C1. The van der Waals surface area contributed by atoms with Gasteiger partial charge in [0.1, 0.15) is 17.6 Å². The number of nitrogens with one attached hydrogen (secondary N) is 2. The zero-order valence-electron chi connectivity index (χ0n) is 22.6. The molecule has 4 heterocycles. The molecule has 0 spiro atoms. The summed E-state index contributed by atoms with van der Waals surface area (Å²) in [4.78, 5) is 23.8. The Morgan fingerprint density at radius 3 is 2.90 bits per heavy atom. The van der Waals surface area contributed by atoms with E-state index in [0.717, 1.165) is 16.8 Å². The number of imidazole rings is 1. The molecule has 1 fully saturated rings. The Bertz CT molecular complexity index is 1520. The van der Waals surface area contributed by atoms with E-state index in [9.17, 15) is 18.7 Å². The number of fused-ring (bicyclic) bond motifs is 2. The van der Waals surface area contributed by atoms with Crippen LogP contribution in [-0.2, 0) is 11.3 Å². The van der Waals surface area contributed by atoms with Crippen LogP contribution in [0.25, 0.3) is 16.9 Å². The van der Waals surface area contributed by atoms with E-state index < -0.39 is 12.0 Å². The maximum absolute atomic E-state index is 13.1. The Balaban J connectivity index is 1.41. The van der Waals surface area contributed by atoms with Crippen LogP contribution in [0.5, 0.6) is 0 Å². The third-order valence-corrected chi connectivity index (χ3v) is 7.17. The van der Waals surface area contributed by atoms with Crippen LogP contribution in [-0.4, -0.2) is 62.5 Å². The monoisotopic (exact) mass is 550 g/mol. The van der Waals surface area contributed by atoms with E-state index >= 15 is 0 Å².